The predicted octanol–water partition coefficient (Wildman–Crippen LogP) is 5.42. The molecule has 0 spiro atoms. The van der Waals surface area contributed by atoms with Crippen molar-refractivity contribution in [3.63, 3.8) is 0 Å². The number of anilines is 3. The second-order valence-corrected chi connectivity index (χ2v) is 17.3. The number of nitrogens with two attached hydrogens (primary N) is 1. The Morgan fingerprint density at radius 2 is 1.77 bits per heavy atom. The van der Waals surface area contributed by atoms with Gasteiger partial charge in [-0.3, -0.25) is 15.0 Å². The molecule has 334 valence electrons. The fourth-order valence-electron chi connectivity index (χ4n) is 6.42. The van der Waals surface area contributed by atoms with Gasteiger partial charge in [0.1, 0.15) is 5.71 Å². The number of hydrogen-bond acceptors (Lipinski definition) is 19. The normalized spacial score (nSPS) is 13.2. The summed E-state index contributed by atoms with van der Waals surface area (Å²) in [4.78, 5) is 44.9. The molecule has 0 bridgehead atoms. The van der Waals surface area contributed by atoms with Crippen molar-refractivity contribution in [2.24, 2.45) is 15.9 Å². The van der Waals surface area contributed by atoms with Crippen molar-refractivity contribution < 1.29 is 14.3 Å². The molecule has 0 saturated heterocycles. The fraction of sp³-hybridized carbons (Fsp3) is 0.190. The molecule has 0 fully saturated rings. The lowest BCUT2D eigenvalue weighted by atomic mass is 10.1. The van der Waals surface area contributed by atoms with Crippen LogP contribution in [0.15, 0.2) is 117 Å². The smallest absolute Gasteiger partial charge is 0.303 e. The highest BCUT2D eigenvalue weighted by molar-refractivity contribution is 7.98. The molecule has 0 unspecified atom stereocenters. The van der Waals surface area contributed by atoms with E-state index in [2.05, 4.69) is 56.9 Å². The van der Waals surface area contributed by atoms with Crippen molar-refractivity contribution in [2.45, 2.75) is 24.0 Å². The van der Waals surface area contributed by atoms with Crippen LogP contribution in [-0.2, 0) is 28.4 Å². The summed E-state index contributed by atoms with van der Waals surface area (Å²) in [6, 6.07) is 24.0. The zero-order valence-corrected chi connectivity index (χ0v) is 37.9. The number of rotatable bonds is 20. The third-order valence-corrected chi connectivity index (χ3v) is 12.3. The molecule has 0 aliphatic carbocycles. The van der Waals surface area contributed by atoms with Gasteiger partial charge in [-0.25, -0.2) is 29.3 Å². The Labute approximate surface area is 393 Å². The second kappa shape index (κ2) is 20.9. The van der Waals surface area contributed by atoms with Crippen molar-refractivity contribution >= 4 is 96.5 Å². The minimum atomic E-state index is -0.421. The number of hydrazone groups is 2. The predicted molar refractivity (Wildman–Crippen MR) is 255 cm³/mol. The van der Waals surface area contributed by atoms with E-state index >= 15 is 0 Å². The number of benzene rings is 3. The molecule has 0 radical (unpaired) electrons. The molecule has 66 heavy (non-hydrogen) atoms. The summed E-state index contributed by atoms with van der Waals surface area (Å²) in [7, 11) is 0. The molecule has 8 aromatic rings. The minimum Gasteiger partial charge on any atom is -0.378 e. The van der Waals surface area contributed by atoms with Crippen molar-refractivity contribution in [1.29, 1.82) is 0 Å². The first kappa shape index (κ1) is 44.2. The zero-order valence-electron chi connectivity index (χ0n) is 34.7. The summed E-state index contributed by atoms with van der Waals surface area (Å²) in [6.07, 6.45) is 3.50. The Morgan fingerprint density at radius 1 is 0.924 bits per heavy atom. The van der Waals surface area contributed by atoms with Crippen molar-refractivity contribution in [2.75, 3.05) is 48.6 Å². The van der Waals surface area contributed by atoms with Crippen LogP contribution >= 0.6 is 46.0 Å². The van der Waals surface area contributed by atoms with Crippen LogP contribution in [-0.4, -0.2) is 106 Å². The highest BCUT2D eigenvalue weighted by Gasteiger charge is 2.36. The second-order valence-electron chi connectivity index (χ2n) is 14.2. The molecule has 1 aliphatic rings. The summed E-state index contributed by atoms with van der Waals surface area (Å²) < 4.78 is 9.21. The van der Waals surface area contributed by atoms with Crippen molar-refractivity contribution in [3.8, 4) is 11.3 Å². The number of ether oxygens (including phenoxy) is 1. The molecule has 9 rings (SSSR count). The van der Waals surface area contributed by atoms with Gasteiger partial charge in [0.15, 0.2) is 27.8 Å². The minimum absolute atomic E-state index is 0.146. The van der Waals surface area contributed by atoms with Gasteiger partial charge in [-0.05, 0) is 29.8 Å². The molecule has 5 N–H and O–H groups in total. The van der Waals surface area contributed by atoms with E-state index in [0.29, 0.717) is 106 Å². The van der Waals surface area contributed by atoms with Crippen molar-refractivity contribution in [3.05, 3.63) is 129 Å². The Hall–Kier alpha value is -7.02. The van der Waals surface area contributed by atoms with Crippen molar-refractivity contribution in [1.82, 2.24) is 55.2 Å². The number of thiazole rings is 2. The first-order valence-corrected chi connectivity index (χ1v) is 23.5. The first-order chi connectivity index (χ1) is 32.4. The van der Waals surface area contributed by atoms with E-state index in [9.17, 15) is 9.59 Å². The molecule has 0 saturated carbocycles. The van der Waals surface area contributed by atoms with E-state index in [1.54, 1.807) is 27.7 Å². The summed E-state index contributed by atoms with van der Waals surface area (Å²) in [5.41, 5.74) is 14.7. The highest BCUT2D eigenvalue weighted by atomic mass is 35.5. The first-order valence-electron chi connectivity index (χ1n) is 20.3. The number of carbonyl (C=O) groups is 2. The number of amides is 2. The van der Waals surface area contributed by atoms with Gasteiger partial charge in [0.05, 0.1) is 37.7 Å². The molecular formula is C42H38ClN17O3S3. The molecule has 20 nitrogen and oxygen atoms in total. The van der Waals surface area contributed by atoms with E-state index in [4.69, 9.17) is 32.0 Å². The molecule has 24 heteroatoms. The number of thioether (sulfide) groups is 1. The number of fused-ring (bicyclic) bond motifs is 1. The van der Waals surface area contributed by atoms with Crippen LogP contribution in [0, 0.1) is 0 Å². The third kappa shape index (κ3) is 10.6. The lowest BCUT2D eigenvalue weighted by Gasteiger charge is -2.08. The molecule has 1 aliphatic heterocycles. The topological polar surface area (TPSA) is 246 Å². The van der Waals surface area contributed by atoms with Crippen LogP contribution in [0.4, 0.5) is 16.1 Å². The summed E-state index contributed by atoms with van der Waals surface area (Å²) in [5.74, 6) is 0.379. The van der Waals surface area contributed by atoms with Crippen LogP contribution in [0.3, 0.4) is 0 Å². The van der Waals surface area contributed by atoms with Gasteiger partial charge < -0.3 is 21.1 Å². The molecule has 2 amide bonds. The Kier molecular flexibility index (Phi) is 14.0. The largest absolute Gasteiger partial charge is 0.378 e. The van der Waals surface area contributed by atoms with E-state index in [-0.39, 0.29) is 11.6 Å². The molecule has 6 heterocycles. The highest BCUT2D eigenvalue weighted by Crippen LogP contribution is 2.31. The third-order valence-electron chi connectivity index (χ3n) is 9.63. The standard InChI is InChI=1S/C42H38ClN17O3S3/c43-30-12-6-26(7-13-30)22-59-37-35(53-57-59)36(45-15-14-44)49-41(50-37)65-24-31-23-58(56-51-31)18-20-63-19-16-46-38(61)29-10-8-27(9-11-29)32-25-66-42(48-32)60-39(62)34(52-54-40-47-17-21-64-40)33(55-60)28-4-2-1-3-5-28/h1-13,17,21,23,25H,14-16,18-20,22,24,44H2,(H,46,61)(H,47,54)(H,45,49,50)/b52-34+. The Balaban J connectivity index is 0.730. The Bertz CT molecular complexity index is 3000. The number of nitrogens with one attached hydrogen (secondary N) is 3. The fourth-order valence-corrected chi connectivity index (χ4v) is 8.51. The molecule has 0 atom stereocenters. The molecule has 5 aromatic heterocycles. The average Bonchev–Trinajstić information content (AvgIpc) is 4.22. The van der Waals surface area contributed by atoms with Gasteiger partial charge >= 0.3 is 5.91 Å². The van der Waals surface area contributed by atoms with Gasteiger partial charge in [0, 0.05) is 70.3 Å². The van der Waals surface area contributed by atoms with E-state index < -0.39 is 5.91 Å². The summed E-state index contributed by atoms with van der Waals surface area (Å²) in [5, 5.41) is 39.3. The van der Waals surface area contributed by atoms with Gasteiger partial charge in [0.2, 0.25) is 10.3 Å². The van der Waals surface area contributed by atoms with Gasteiger partial charge in [0.25, 0.3) is 5.91 Å². The van der Waals surface area contributed by atoms with Gasteiger partial charge in [-0.15, -0.1) is 32.9 Å². The van der Waals surface area contributed by atoms with Gasteiger partial charge in [-0.2, -0.15) is 15.2 Å². The lowest BCUT2D eigenvalue weighted by molar-refractivity contribution is -0.112. The van der Waals surface area contributed by atoms with Crippen LogP contribution in [0.2, 0.25) is 5.02 Å². The average molecular weight is 961 g/mol. The van der Waals surface area contributed by atoms with Crippen LogP contribution in [0.1, 0.15) is 27.2 Å². The van der Waals surface area contributed by atoms with Gasteiger partial charge in [-0.1, -0.05) is 88.4 Å². The number of aromatic nitrogens is 10. The number of nitrogens with zero attached hydrogens (tertiary/aromatic N) is 13. The monoisotopic (exact) mass is 959 g/mol. The quantitative estimate of drug-likeness (QED) is 0.0322. The lowest BCUT2D eigenvalue weighted by Crippen LogP contribution is -2.28. The summed E-state index contributed by atoms with van der Waals surface area (Å²) >= 11 is 10.1. The Morgan fingerprint density at radius 3 is 2.58 bits per heavy atom. The van der Waals surface area contributed by atoms with Crippen LogP contribution in [0.5, 0.6) is 0 Å². The van der Waals surface area contributed by atoms with E-state index in [1.165, 1.54) is 39.4 Å². The zero-order chi connectivity index (χ0) is 45.2. The van der Waals surface area contributed by atoms with Crippen LogP contribution < -0.4 is 26.8 Å². The van der Waals surface area contributed by atoms with E-state index in [0.717, 1.165) is 22.4 Å². The maximum Gasteiger partial charge on any atom is 0.303 e. The SMILES string of the molecule is NCCNc1nc(SCc2cn(CCOCCNC(=O)c3ccc(-c4csc(N5N=C(c6ccccc6)/C(=N\Nc6nccs6)C5=O)n4)cc3)nn2)nc2c1nnn2Cc1ccc(Cl)cc1. The molecule has 3 aromatic carbocycles. The number of carbonyl (C=O) groups excluding carboxylic acids is 2. The number of hydrogen-bond donors (Lipinski definition) is 4. The van der Waals surface area contributed by atoms with E-state index in [1.807, 2.05) is 83.7 Å². The van der Waals surface area contributed by atoms with Crippen LogP contribution in [0.25, 0.3) is 22.4 Å². The number of halogens is 1. The maximum absolute atomic E-state index is 13.6. The maximum atomic E-state index is 13.6. The molecular weight excluding hydrogens is 922 g/mol. The summed E-state index contributed by atoms with van der Waals surface area (Å²) in [6.45, 7) is 2.87.